The molecule has 0 aromatic rings. The van der Waals surface area contributed by atoms with Crippen molar-refractivity contribution in [2.75, 3.05) is 26.9 Å². The molecule has 0 aromatic carbocycles. The zero-order chi connectivity index (χ0) is 9.40. The first kappa shape index (κ1) is 11.8. The van der Waals surface area contributed by atoms with Gasteiger partial charge in [0.2, 0.25) is 0 Å². The number of hydrogen-bond donors (Lipinski definition) is 2. The normalized spacial score (nSPS) is 13.8. The van der Waals surface area contributed by atoms with Crippen LogP contribution in [-0.4, -0.2) is 49.7 Å². The summed E-state index contributed by atoms with van der Waals surface area (Å²) in [5.74, 6) is 0. The predicted octanol–water partition coefficient (Wildman–Crippen LogP) is -0.677. The SMILES string of the molecule is CCOC(OC)OC(CO)CO. The van der Waals surface area contributed by atoms with E-state index in [1.807, 2.05) is 0 Å². The standard InChI is InChI=1S/C7H16O5/c1-3-11-7(10-2)12-6(4-8)5-9/h6-9H,3-5H2,1-2H3. The average molecular weight is 180 g/mol. The number of rotatable bonds is 7. The van der Waals surface area contributed by atoms with Crippen LogP contribution in [0.1, 0.15) is 6.92 Å². The summed E-state index contributed by atoms with van der Waals surface area (Å²) >= 11 is 0. The molecule has 12 heavy (non-hydrogen) atoms. The lowest BCUT2D eigenvalue weighted by Gasteiger charge is -2.20. The molecule has 0 saturated heterocycles. The molecule has 5 heteroatoms. The van der Waals surface area contributed by atoms with Crippen LogP contribution in [0.5, 0.6) is 0 Å². The zero-order valence-corrected chi connectivity index (χ0v) is 7.40. The number of aliphatic hydroxyl groups excluding tert-OH is 2. The van der Waals surface area contributed by atoms with Gasteiger partial charge in [-0.3, -0.25) is 0 Å². The third-order valence-corrected chi connectivity index (χ3v) is 1.21. The van der Waals surface area contributed by atoms with E-state index in [2.05, 4.69) is 0 Å². The van der Waals surface area contributed by atoms with E-state index in [4.69, 9.17) is 24.4 Å². The first-order valence-corrected chi connectivity index (χ1v) is 3.80. The highest BCUT2D eigenvalue weighted by Gasteiger charge is 2.14. The van der Waals surface area contributed by atoms with Gasteiger partial charge in [0.25, 0.3) is 6.48 Å². The number of ether oxygens (including phenoxy) is 3. The predicted molar refractivity (Wildman–Crippen MR) is 41.5 cm³/mol. The van der Waals surface area contributed by atoms with Gasteiger partial charge in [-0.05, 0) is 6.92 Å². The molecular weight excluding hydrogens is 164 g/mol. The smallest absolute Gasteiger partial charge is 0.271 e. The Balaban J connectivity index is 3.65. The third-order valence-electron chi connectivity index (χ3n) is 1.21. The molecule has 0 aliphatic rings. The molecule has 0 spiro atoms. The second kappa shape index (κ2) is 7.45. The molecule has 0 amide bonds. The van der Waals surface area contributed by atoms with Gasteiger partial charge in [0.05, 0.1) is 13.2 Å². The van der Waals surface area contributed by atoms with Gasteiger partial charge in [0.15, 0.2) is 0 Å². The second-order valence-electron chi connectivity index (χ2n) is 2.10. The van der Waals surface area contributed by atoms with Crippen molar-refractivity contribution in [1.82, 2.24) is 0 Å². The molecule has 0 rings (SSSR count). The van der Waals surface area contributed by atoms with Crippen molar-refractivity contribution in [1.29, 1.82) is 0 Å². The minimum Gasteiger partial charge on any atom is -0.394 e. The molecule has 0 saturated carbocycles. The molecule has 0 aliphatic heterocycles. The van der Waals surface area contributed by atoms with Gasteiger partial charge in [-0.1, -0.05) is 0 Å². The molecule has 1 atom stereocenters. The van der Waals surface area contributed by atoms with Crippen molar-refractivity contribution in [3.05, 3.63) is 0 Å². The molecule has 0 aliphatic carbocycles. The minimum atomic E-state index is -0.820. The summed E-state index contributed by atoms with van der Waals surface area (Å²) < 4.78 is 14.7. The Morgan fingerprint density at radius 1 is 1.25 bits per heavy atom. The Kier molecular flexibility index (Phi) is 7.33. The van der Waals surface area contributed by atoms with Crippen LogP contribution in [0, 0.1) is 0 Å². The van der Waals surface area contributed by atoms with Gasteiger partial charge >= 0.3 is 0 Å². The monoisotopic (exact) mass is 180 g/mol. The summed E-state index contributed by atoms with van der Waals surface area (Å²) in [5, 5.41) is 17.3. The van der Waals surface area contributed by atoms with E-state index < -0.39 is 12.6 Å². The number of aliphatic hydroxyl groups is 2. The maximum atomic E-state index is 8.64. The minimum absolute atomic E-state index is 0.260. The fourth-order valence-corrected chi connectivity index (χ4v) is 0.600. The number of hydrogen-bond acceptors (Lipinski definition) is 5. The molecule has 0 fully saturated rings. The molecule has 0 heterocycles. The van der Waals surface area contributed by atoms with E-state index >= 15 is 0 Å². The molecule has 5 nitrogen and oxygen atoms in total. The lowest BCUT2D eigenvalue weighted by molar-refractivity contribution is -0.299. The van der Waals surface area contributed by atoms with Crippen LogP contribution in [0.25, 0.3) is 0 Å². The number of methoxy groups -OCH3 is 1. The van der Waals surface area contributed by atoms with Gasteiger partial charge < -0.3 is 24.4 Å². The highest BCUT2D eigenvalue weighted by molar-refractivity contribution is 4.50. The Hall–Kier alpha value is -0.200. The maximum absolute atomic E-state index is 8.64. The molecule has 0 aromatic heterocycles. The second-order valence-corrected chi connectivity index (χ2v) is 2.10. The molecule has 74 valence electrons. The maximum Gasteiger partial charge on any atom is 0.271 e. The highest BCUT2D eigenvalue weighted by Crippen LogP contribution is 2.00. The van der Waals surface area contributed by atoms with Gasteiger partial charge in [-0.25, -0.2) is 0 Å². The van der Waals surface area contributed by atoms with E-state index in [0.717, 1.165) is 0 Å². The van der Waals surface area contributed by atoms with Crippen LogP contribution >= 0.6 is 0 Å². The fourth-order valence-electron chi connectivity index (χ4n) is 0.600. The van der Waals surface area contributed by atoms with Crippen LogP contribution in [0.15, 0.2) is 0 Å². The first-order valence-electron chi connectivity index (χ1n) is 3.80. The Labute approximate surface area is 71.9 Å². The van der Waals surface area contributed by atoms with Crippen LogP contribution in [0.4, 0.5) is 0 Å². The van der Waals surface area contributed by atoms with E-state index in [-0.39, 0.29) is 13.2 Å². The van der Waals surface area contributed by atoms with E-state index in [1.165, 1.54) is 7.11 Å². The summed E-state index contributed by atoms with van der Waals surface area (Å²) in [6, 6.07) is 0. The van der Waals surface area contributed by atoms with Gasteiger partial charge in [0.1, 0.15) is 6.10 Å². The summed E-state index contributed by atoms with van der Waals surface area (Å²) in [6.07, 6.45) is -0.651. The molecule has 1 unspecified atom stereocenters. The topological polar surface area (TPSA) is 68.2 Å². The molecule has 0 bridgehead atoms. The van der Waals surface area contributed by atoms with Gasteiger partial charge in [0, 0.05) is 13.7 Å². The summed E-state index contributed by atoms with van der Waals surface area (Å²) in [7, 11) is 1.42. The van der Waals surface area contributed by atoms with Crippen molar-refractivity contribution < 1.29 is 24.4 Å². The fraction of sp³-hybridized carbons (Fsp3) is 1.00. The lowest BCUT2D eigenvalue weighted by Crippen LogP contribution is -2.31. The first-order chi connectivity index (χ1) is 5.78. The summed E-state index contributed by atoms with van der Waals surface area (Å²) in [6.45, 7) is 0.899. The van der Waals surface area contributed by atoms with Crippen LogP contribution in [0.2, 0.25) is 0 Å². The molecular formula is C7H16O5. The van der Waals surface area contributed by atoms with Gasteiger partial charge in [-0.15, -0.1) is 0 Å². The highest BCUT2D eigenvalue weighted by atomic mass is 16.8. The van der Waals surface area contributed by atoms with Crippen LogP contribution in [0.3, 0.4) is 0 Å². The van der Waals surface area contributed by atoms with Crippen LogP contribution in [-0.2, 0) is 14.2 Å². The zero-order valence-electron chi connectivity index (χ0n) is 7.40. The van der Waals surface area contributed by atoms with E-state index in [9.17, 15) is 0 Å². The van der Waals surface area contributed by atoms with Crippen molar-refractivity contribution >= 4 is 0 Å². The van der Waals surface area contributed by atoms with Gasteiger partial charge in [-0.2, -0.15) is 0 Å². The summed E-state index contributed by atoms with van der Waals surface area (Å²) in [5.41, 5.74) is 0. The Bertz CT molecular complexity index is 93.8. The third kappa shape index (κ3) is 4.63. The lowest BCUT2D eigenvalue weighted by atomic mass is 10.4. The van der Waals surface area contributed by atoms with Crippen molar-refractivity contribution in [2.24, 2.45) is 0 Å². The van der Waals surface area contributed by atoms with E-state index in [0.29, 0.717) is 6.61 Å². The molecule has 0 radical (unpaired) electrons. The average Bonchev–Trinajstić information content (AvgIpc) is 2.12. The Morgan fingerprint density at radius 2 is 1.83 bits per heavy atom. The van der Waals surface area contributed by atoms with Crippen molar-refractivity contribution in [3.8, 4) is 0 Å². The van der Waals surface area contributed by atoms with E-state index in [1.54, 1.807) is 6.92 Å². The van der Waals surface area contributed by atoms with Crippen molar-refractivity contribution in [2.45, 2.75) is 19.5 Å². The Morgan fingerprint density at radius 3 is 2.17 bits per heavy atom. The summed E-state index contributed by atoms with van der Waals surface area (Å²) in [4.78, 5) is 0. The van der Waals surface area contributed by atoms with Crippen molar-refractivity contribution in [3.63, 3.8) is 0 Å². The quantitative estimate of drug-likeness (QED) is 0.508. The molecule has 2 N–H and O–H groups in total. The largest absolute Gasteiger partial charge is 0.394 e. The van der Waals surface area contributed by atoms with Crippen LogP contribution < -0.4 is 0 Å².